The van der Waals surface area contributed by atoms with Crippen LogP contribution in [0, 0.1) is 5.92 Å². The van der Waals surface area contributed by atoms with Gasteiger partial charge in [0, 0.05) is 25.5 Å². The van der Waals surface area contributed by atoms with Crippen LogP contribution in [0.15, 0.2) is 18.5 Å². The molecule has 0 spiro atoms. The summed E-state index contributed by atoms with van der Waals surface area (Å²) in [6.45, 7) is 0.845. The SMILES string of the molecule is NC(=O)c1cncc(C(=O)N(CCO)CC2CCCCC2)c1. The number of carbonyl (C=O) groups excluding carboxylic acids is 2. The molecule has 0 saturated heterocycles. The van der Waals surface area contributed by atoms with E-state index in [9.17, 15) is 14.7 Å². The first-order chi connectivity index (χ1) is 10.6. The number of hydrogen-bond donors (Lipinski definition) is 2. The van der Waals surface area contributed by atoms with E-state index >= 15 is 0 Å². The van der Waals surface area contributed by atoms with Gasteiger partial charge in [0.15, 0.2) is 0 Å². The minimum atomic E-state index is -0.608. The second-order valence-electron chi connectivity index (χ2n) is 5.81. The zero-order valence-corrected chi connectivity index (χ0v) is 12.7. The van der Waals surface area contributed by atoms with E-state index < -0.39 is 5.91 Å². The van der Waals surface area contributed by atoms with Gasteiger partial charge >= 0.3 is 0 Å². The van der Waals surface area contributed by atoms with Crippen LogP contribution in [-0.4, -0.2) is 46.5 Å². The normalized spacial score (nSPS) is 15.5. The summed E-state index contributed by atoms with van der Waals surface area (Å²) in [5.41, 5.74) is 5.77. The maximum Gasteiger partial charge on any atom is 0.255 e. The van der Waals surface area contributed by atoms with E-state index in [0.29, 0.717) is 18.0 Å². The molecule has 1 heterocycles. The van der Waals surface area contributed by atoms with Crippen LogP contribution in [0.1, 0.15) is 52.8 Å². The summed E-state index contributed by atoms with van der Waals surface area (Å²) in [5, 5.41) is 9.22. The molecule has 120 valence electrons. The van der Waals surface area contributed by atoms with Crippen LogP contribution in [0.4, 0.5) is 0 Å². The highest BCUT2D eigenvalue weighted by atomic mass is 16.3. The van der Waals surface area contributed by atoms with Gasteiger partial charge in [-0.3, -0.25) is 14.6 Å². The lowest BCUT2D eigenvalue weighted by atomic mass is 9.89. The average molecular weight is 305 g/mol. The Hall–Kier alpha value is -1.95. The number of aliphatic hydroxyl groups excluding tert-OH is 1. The Morgan fingerprint density at radius 1 is 1.23 bits per heavy atom. The van der Waals surface area contributed by atoms with E-state index in [1.165, 1.54) is 37.7 Å². The molecular weight excluding hydrogens is 282 g/mol. The Morgan fingerprint density at radius 2 is 1.91 bits per heavy atom. The molecule has 6 nitrogen and oxygen atoms in total. The monoisotopic (exact) mass is 305 g/mol. The highest BCUT2D eigenvalue weighted by molar-refractivity contribution is 5.98. The molecule has 0 unspecified atom stereocenters. The molecule has 0 bridgehead atoms. The van der Waals surface area contributed by atoms with Gasteiger partial charge in [-0.15, -0.1) is 0 Å². The Morgan fingerprint density at radius 3 is 2.55 bits per heavy atom. The molecule has 0 aliphatic heterocycles. The Balaban J connectivity index is 2.11. The van der Waals surface area contributed by atoms with Crippen LogP contribution in [-0.2, 0) is 0 Å². The molecule has 0 radical (unpaired) electrons. The molecule has 2 rings (SSSR count). The minimum absolute atomic E-state index is 0.0819. The number of nitrogens with zero attached hydrogens (tertiary/aromatic N) is 2. The lowest BCUT2D eigenvalue weighted by Gasteiger charge is -2.29. The Kier molecular flexibility index (Phi) is 5.89. The smallest absolute Gasteiger partial charge is 0.255 e. The zero-order chi connectivity index (χ0) is 15.9. The van der Waals surface area contributed by atoms with Gasteiger partial charge in [-0.05, 0) is 24.8 Å². The lowest BCUT2D eigenvalue weighted by Crippen LogP contribution is -2.38. The third kappa shape index (κ3) is 4.27. The number of hydrogen-bond acceptors (Lipinski definition) is 4. The largest absolute Gasteiger partial charge is 0.395 e. The maximum absolute atomic E-state index is 12.6. The fraction of sp³-hybridized carbons (Fsp3) is 0.562. The number of carbonyl (C=O) groups is 2. The number of rotatable bonds is 6. The summed E-state index contributed by atoms with van der Waals surface area (Å²) < 4.78 is 0. The number of amides is 2. The fourth-order valence-corrected chi connectivity index (χ4v) is 2.95. The van der Waals surface area contributed by atoms with E-state index in [-0.39, 0.29) is 24.6 Å². The number of nitrogens with two attached hydrogens (primary N) is 1. The van der Waals surface area contributed by atoms with E-state index in [1.54, 1.807) is 4.90 Å². The van der Waals surface area contributed by atoms with E-state index in [0.717, 1.165) is 12.8 Å². The molecule has 22 heavy (non-hydrogen) atoms. The van der Waals surface area contributed by atoms with Gasteiger partial charge in [0.2, 0.25) is 5.91 Å². The van der Waals surface area contributed by atoms with Crippen molar-refractivity contribution in [3.05, 3.63) is 29.6 Å². The second-order valence-corrected chi connectivity index (χ2v) is 5.81. The van der Waals surface area contributed by atoms with Gasteiger partial charge in [-0.2, -0.15) is 0 Å². The summed E-state index contributed by atoms with van der Waals surface area (Å²) >= 11 is 0. The van der Waals surface area contributed by atoms with Crippen molar-refractivity contribution in [3.63, 3.8) is 0 Å². The average Bonchev–Trinajstić information content (AvgIpc) is 2.55. The van der Waals surface area contributed by atoms with Gasteiger partial charge in [-0.25, -0.2) is 0 Å². The minimum Gasteiger partial charge on any atom is -0.395 e. The second kappa shape index (κ2) is 7.89. The number of aromatic nitrogens is 1. The van der Waals surface area contributed by atoms with E-state index in [1.807, 2.05) is 0 Å². The summed E-state index contributed by atoms with van der Waals surface area (Å²) in [6.07, 6.45) is 8.67. The van der Waals surface area contributed by atoms with Crippen LogP contribution in [0.2, 0.25) is 0 Å². The predicted octanol–water partition coefficient (Wildman–Crippen LogP) is 1.20. The van der Waals surface area contributed by atoms with Crippen LogP contribution < -0.4 is 5.73 Å². The number of pyridine rings is 1. The van der Waals surface area contributed by atoms with Crippen molar-refractivity contribution < 1.29 is 14.7 Å². The molecular formula is C16H23N3O3. The van der Waals surface area contributed by atoms with Gasteiger partial charge < -0.3 is 15.7 Å². The van der Waals surface area contributed by atoms with Gasteiger partial charge in [-0.1, -0.05) is 19.3 Å². The molecule has 1 fully saturated rings. The van der Waals surface area contributed by atoms with Gasteiger partial charge in [0.1, 0.15) is 0 Å². The highest BCUT2D eigenvalue weighted by Gasteiger charge is 2.22. The quantitative estimate of drug-likeness (QED) is 0.825. The molecule has 3 N–H and O–H groups in total. The third-order valence-electron chi connectivity index (χ3n) is 4.13. The Bertz CT molecular complexity index is 527. The molecule has 1 aromatic heterocycles. The van der Waals surface area contributed by atoms with Crippen LogP contribution in [0.5, 0.6) is 0 Å². The standard InChI is InChI=1S/C16H23N3O3/c17-15(21)13-8-14(10-18-9-13)16(22)19(6-7-20)11-12-4-2-1-3-5-12/h8-10,12,20H,1-7,11H2,(H2,17,21). The van der Waals surface area contributed by atoms with Crippen molar-refractivity contribution in [2.24, 2.45) is 11.7 Å². The first kappa shape index (κ1) is 16.4. The molecule has 0 atom stereocenters. The van der Waals surface area contributed by atoms with Crippen LogP contribution >= 0.6 is 0 Å². The Labute approximate surface area is 130 Å². The zero-order valence-electron chi connectivity index (χ0n) is 12.7. The summed E-state index contributed by atoms with van der Waals surface area (Å²) in [6, 6.07) is 1.46. The van der Waals surface area contributed by atoms with E-state index in [4.69, 9.17) is 5.73 Å². The van der Waals surface area contributed by atoms with Gasteiger partial charge in [0.05, 0.1) is 17.7 Å². The van der Waals surface area contributed by atoms with E-state index in [2.05, 4.69) is 4.98 Å². The molecule has 1 aliphatic rings. The first-order valence-corrected chi connectivity index (χ1v) is 7.77. The van der Waals surface area contributed by atoms with Crippen molar-refractivity contribution in [1.29, 1.82) is 0 Å². The van der Waals surface area contributed by atoms with Crippen molar-refractivity contribution in [3.8, 4) is 0 Å². The van der Waals surface area contributed by atoms with Gasteiger partial charge in [0.25, 0.3) is 5.91 Å². The first-order valence-electron chi connectivity index (χ1n) is 7.77. The third-order valence-corrected chi connectivity index (χ3v) is 4.13. The highest BCUT2D eigenvalue weighted by Crippen LogP contribution is 2.24. The molecule has 6 heteroatoms. The summed E-state index contributed by atoms with van der Waals surface area (Å²) in [4.78, 5) is 29.4. The molecule has 1 aromatic rings. The van der Waals surface area contributed by atoms with Crippen molar-refractivity contribution >= 4 is 11.8 Å². The molecule has 2 amide bonds. The van der Waals surface area contributed by atoms with Crippen molar-refractivity contribution in [2.75, 3.05) is 19.7 Å². The predicted molar refractivity (Wildman–Crippen MR) is 82.3 cm³/mol. The molecule has 0 aromatic carbocycles. The summed E-state index contributed by atoms with van der Waals surface area (Å²) in [5.74, 6) is -0.338. The lowest BCUT2D eigenvalue weighted by molar-refractivity contribution is 0.0675. The van der Waals surface area contributed by atoms with Crippen molar-refractivity contribution in [2.45, 2.75) is 32.1 Å². The summed E-state index contributed by atoms with van der Waals surface area (Å²) in [7, 11) is 0. The number of primary amides is 1. The van der Waals surface area contributed by atoms with Crippen LogP contribution in [0.25, 0.3) is 0 Å². The topological polar surface area (TPSA) is 96.5 Å². The fourth-order valence-electron chi connectivity index (χ4n) is 2.95. The molecule has 1 aliphatic carbocycles. The number of aliphatic hydroxyl groups is 1. The van der Waals surface area contributed by atoms with Crippen molar-refractivity contribution in [1.82, 2.24) is 9.88 Å². The molecule has 1 saturated carbocycles. The maximum atomic E-state index is 12.6. The van der Waals surface area contributed by atoms with Crippen LogP contribution in [0.3, 0.4) is 0 Å².